The summed E-state index contributed by atoms with van der Waals surface area (Å²) < 4.78 is 9.69. The number of hydrogen-bond acceptors (Lipinski definition) is 6. The Morgan fingerprint density at radius 1 is 1.44 bits per heavy atom. The summed E-state index contributed by atoms with van der Waals surface area (Å²) in [5.74, 6) is -0.780. The van der Waals surface area contributed by atoms with E-state index < -0.39 is 24.2 Å². The summed E-state index contributed by atoms with van der Waals surface area (Å²) in [6.45, 7) is 4.17. The number of aliphatic hydroxyl groups is 1. The smallest absolute Gasteiger partial charge is 0.323 e. The molecule has 1 aliphatic heterocycles. The Morgan fingerprint density at radius 2 is 2.11 bits per heavy atom. The summed E-state index contributed by atoms with van der Waals surface area (Å²) in [4.78, 5) is 25.1. The molecule has 0 radical (unpaired) electrons. The number of methoxy groups -OCH3 is 1. The highest BCUT2D eigenvalue weighted by Gasteiger charge is 2.42. The van der Waals surface area contributed by atoms with Gasteiger partial charge in [-0.05, 0) is 13.3 Å². The van der Waals surface area contributed by atoms with Crippen LogP contribution in [0.25, 0.3) is 0 Å². The molecule has 0 aliphatic carbocycles. The van der Waals surface area contributed by atoms with Crippen molar-refractivity contribution in [2.75, 3.05) is 20.3 Å². The third-order valence-electron chi connectivity index (χ3n) is 3.14. The van der Waals surface area contributed by atoms with Crippen molar-refractivity contribution in [1.29, 1.82) is 0 Å². The SMILES string of the molecule is CCOC(=O)C(CC)N1CC(O)CC1C(=O)OC. The summed E-state index contributed by atoms with van der Waals surface area (Å²) in [7, 11) is 1.30. The quantitative estimate of drug-likeness (QED) is 0.697. The Morgan fingerprint density at radius 3 is 2.61 bits per heavy atom. The van der Waals surface area contributed by atoms with E-state index in [9.17, 15) is 14.7 Å². The van der Waals surface area contributed by atoms with E-state index in [0.29, 0.717) is 19.4 Å². The fourth-order valence-electron chi connectivity index (χ4n) is 2.33. The Balaban J connectivity index is 2.82. The molecule has 104 valence electrons. The molecule has 0 saturated carbocycles. The first-order chi connectivity index (χ1) is 8.54. The van der Waals surface area contributed by atoms with Crippen LogP contribution in [0.15, 0.2) is 0 Å². The zero-order chi connectivity index (χ0) is 13.7. The summed E-state index contributed by atoms with van der Waals surface area (Å²) in [6, 6.07) is -1.08. The lowest BCUT2D eigenvalue weighted by molar-refractivity contribution is -0.154. The highest BCUT2D eigenvalue weighted by Crippen LogP contribution is 2.23. The second kappa shape index (κ2) is 6.70. The van der Waals surface area contributed by atoms with Crippen LogP contribution in [0.3, 0.4) is 0 Å². The highest BCUT2D eigenvalue weighted by atomic mass is 16.5. The van der Waals surface area contributed by atoms with Gasteiger partial charge in [0, 0.05) is 13.0 Å². The van der Waals surface area contributed by atoms with Gasteiger partial charge < -0.3 is 14.6 Å². The van der Waals surface area contributed by atoms with Crippen LogP contribution < -0.4 is 0 Å². The lowest BCUT2D eigenvalue weighted by Gasteiger charge is -2.28. The average Bonchev–Trinajstić information content (AvgIpc) is 2.71. The molecule has 0 amide bonds. The van der Waals surface area contributed by atoms with E-state index in [0.717, 1.165) is 0 Å². The van der Waals surface area contributed by atoms with Gasteiger partial charge in [-0.3, -0.25) is 14.5 Å². The Labute approximate surface area is 107 Å². The molecule has 0 aromatic heterocycles. The molecule has 0 spiro atoms. The summed E-state index contributed by atoms with van der Waals surface area (Å²) in [5.41, 5.74) is 0. The van der Waals surface area contributed by atoms with E-state index in [1.807, 2.05) is 6.92 Å². The number of carbonyl (C=O) groups excluding carboxylic acids is 2. The number of rotatable bonds is 5. The van der Waals surface area contributed by atoms with Crippen LogP contribution in [0.4, 0.5) is 0 Å². The fourth-order valence-corrected chi connectivity index (χ4v) is 2.33. The van der Waals surface area contributed by atoms with Crippen LogP contribution in [-0.4, -0.2) is 60.4 Å². The maximum atomic E-state index is 11.8. The molecule has 1 heterocycles. The van der Waals surface area contributed by atoms with Crippen molar-refractivity contribution < 1.29 is 24.2 Å². The fraction of sp³-hybridized carbons (Fsp3) is 0.833. The first kappa shape index (κ1) is 14.9. The number of nitrogens with zero attached hydrogens (tertiary/aromatic N) is 1. The van der Waals surface area contributed by atoms with Gasteiger partial charge in [-0.1, -0.05) is 6.92 Å². The second-order valence-corrected chi connectivity index (χ2v) is 4.30. The average molecular weight is 259 g/mol. The van der Waals surface area contributed by atoms with Gasteiger partial charge in [0.25, 0.3) is 0 Å². The topological polar surface area (TPSA) is 76.1 Å². The molecule has 3 atom stereocenters. The molecular formula is C12H21NO5. The van der Waals surface area contributed by atoms with Crippen molar-refractivity contribution in [1.82, 2.24) is 4.90 Å². The normalized spacial score (nSPS) is 25.8. The molecule has 0 aromatic rings. The van der Waals surface area contributed by atoms with Gasteiger partial charge in [0.2, 0.25) is 0 Å². The summed E-state index contributed by atoms with van der Waals surface area (Å²) in [5, 5.41) is 9.67. The van der Waals surface area contributed by atoms with E-state index in [2.05, 4.69) is 0 Å². The van der Waals surface area contributed by atoms with Crippen LogP contribution in [0, 0.1) is 0 Å². The van der Waals surface area contributed by atoms with Crippen molar-refractivity contribution in [3.63, 3.8) is 0 Å². The molecule has 1 saturated heterocycles. The molecule has 1 N–H and O–H groups in total. The van der Waals surface area contributed by atoms with Crippen molar-refractivity contribution in [2.45, 2.75) is 44.9 Å². The number of ether oxygens (including phenoxy) is 2. The van der Waals surface area contributed by atoms with E-state index in [1.165, 1.54) is 7.11 Å². The summed E-state index contributed by atoms with van der Waals surface area (Å²) >= 11 is 0. The van der Waals surface area contributed by atoms with Crippen LogP contribution in [-0.2, 0) is 19.1 Å². The largest absolute Gasteiger partial charge is 0.468 e. The first-order valence-corrected chi connectivity index (χ1v) is 6.23. The highest BCUT2D eigenvalue weighted by molar-refractivity contribution is 5.80. The predicted octanol–water partition coefficient (Wildman–Crippen LogP) is -0.0637. The van der Waals surface area contributed by atoms with Crippen LogP contribution in [0.2, 0.25) is 0 Å². The minimum absolute atomic E-state index is 0.289. The molecule has 18 heavy (non-hydrogen) atoms. The molecule has 6 heteroatoms. The number of likely N-dealkylation sites (tertiary alicyclic amines) is 1. The monoisotopic (exact) mass is 259 g/mol. The zero-order valence-electron chi connectivity index (χ0n) is 11.1. The van der Waals surface area contributed by atoms with Gasteiger partial charge in [-0.15, -0.1) is 0 Å². The van der Waals surface area contributed by atoms with Gasteiger partial charge >= 0.3 is 11.9 Å². The number of β-amino-alcohol motifs (C(OH)–C–C–N with tert-alkyl or cyclic N) is 1. The molecule has 1 rings (SSSR count). The third kappa shape index (κ3) is 3.20. The number of aliphatic hydroxyl groups excluding tert-OH is 1. The van der Waals surface area contributed by atoms with E-state index in [-0.39, 0.29) is 12.5 Å². The van der Waals surface area contributed by atoms with Gasteiger partial charge in [0.1, 0.15) is 12.1 Å². The van der Waals surface area contributed by atoms with E-state index in [4.69, 9.17) is 9.47 Å². The maximum absolute atomic E-state index is 11.8. The van der Waals surface area contributed by atoms with Gasteiger partial charge in [0.05, 0.1) is 19.8 Å². The van der Waals surface area contributed by atoms with Crippen molar-refractivity contribution in [2.24, 2.45) is 0 Å². The van der Waals surface area contributed by atoms with Gasteiger partial charge in [-0.2, -0.15) is 0 Å². The molecule has 0 bridgehead atoms. The molecule has 1 aliphatic rings. The Kier molecular flexibility index (Phi) is 5.55. The Bertz CT molecular complexity index is 307. The van der Waals surface area contributed by atoms with E-state index in [1.54, 1.807) is 11.8 Å². The number of esters is 2. The van der Waals surface area contributed by atoms with Crippen LogP contribution in [0.1, 0.15) is 26.7 Å². The molecular weight excluding hydrogens is 238 g/mol. The van der Waals surface area contributed by atoms with Gasteiger partial charge in [-0.25, -0.2) is 0 Å². The van der Waals surface area contributed by atoms with Crippen LogP contribution >= 0.6 is 0 Å². The summed E-state index contributed by atoms with van der Waals surface area (Å²) in [6.07, 6.45) is 0.208. The van der Waals surface area contributed by atoms with Crippen molar-refractivity contribution in [3.8, 4) is 0 Å². The molecule has 6 nitrogen and oxygen atoms in total. The third-order valence-corrected chi connectivity index (χ3v) is 3.14. The minimum atomic E-state index is -0.613. The van der Waals surface area contributed by atoms with Crippen LogP contribution in [0.5, 0.6) is 0 Å². The van der Waals surface area contributed by atoms with E-state index >= 15 is 0 Å². The minimum Gasteiger partial charge on any atom is -0.468 e. The second-order valence-electron chi connectivity index (χ2n) is 4.30. The molecule has 0 aromatic carbocycles. The standard InChI is InChI=1S/C12H21NO5/c1-4-9(12(16)18-5-2)13-7-8(14)6-10(13)11(15)17-3/h8-10,14H,4-7H2,1-3H3. The van der Waals surface area contributed by atoms with Crippen molar-refractivity contribution >= 4 is 11.9 Å². The Hall–Kier alpha value is -1.14. The molecule has 1 fully saturated rings. The number of hydrogen-bond donors (Lipinski definition) is 1. The van der Waals surface area contributed by atoms with Crippen molar-refractivity contribution in [3.05, 3.63) is 0 Å². The first-order valence-electron chi connectivity index (χ1n) is 6.23. The number of carbonyl (C=O) groups is 2. The maximum Gasteiger partial charge on any atom is 0.323 e. The zero-order valence-corrected chi connectivity index (χ0v) is 11.1. The predicted molar refractivity (Wildman–Crippen MR) is 63.8 cm³/mol. The lowest BCUT2D eigenvalue weighted by Crippen LogP contribution is -2.48. The molecule has 3 unspecified atom stereocenters. The lowest BCUT2D eigenvalue weighted by atomic mass is 10.1. The van der Waals surface area contributed by atoms with Gasteiger partial charge in [0.15, 0.2) is 0 Å².